The zero-order chi connectivity index (χ0) is 14.0. The third-order valence-electron chi connectivity index (χ3n) is 2.60. The Hall–Kier alpha value is -0.700. The molecule has 0 saturated heterocycles. The fourth-order valence-corrected chi connectivity index (χ4v) is 3.18. The van der Waals surface area contributed by atoms with Crippen LogP contribution in [-0.4, -0.2) is 23.3 Å². The fourth-order valence-electron chi connectivity index (χ4n) is 1.68. The molecular weight excluding hydrogens is 344 g/mol. The van der Waals surface area contributed by atoms with Crippen molar-refractivity contribution in [2.75, 3.05) is 18.6 Å². The molecule has 2 aromatic rings. The Balaban J connectivity index is 2.40. The molecular formula is C13H14BrClN3P. The van der Waals surface area contributed by atoms with Crippen molar-refractivity contribution in [3.05, 3.63) is 39.7 Å². The van der Waals surface area contributed by atoms with Crippen molar-refractivity contribution in [2.24, 2.45) is 0 Å². The van der Waals surface area contributed by atoms with E-state index in [1.807, 2.05) is 0 Å². The Kier molecular flexibility index (Phi) is 4.77. The first-order valence-electron chi connectivity index (χ1n) is 5.70. The molecule has 0 aliphatic rings. The summed E-state index contributed by atoms with van der Waals surface area (Å²) in [5.41, 5.74) is 2.33. The van der Waals surface area contributed by atoms with E-state index in [4.69, 9.17) is 11.6 Å². The van der Waals surface area contributed by atoms with E-state index in [1.165, 1.54) is 10.9 Å². The first-order valence-corrected chi connectivity index (χ1v) is 9.11. The Morgan fingerprint density at radius 1 is 1.32 bits per heavy atom. The molecule has 0 unspecified atom stereocenters. The minimum absolute atomic E-state index is 0.200. The molecule has 0 radical (unpaired) electrons. The summed E-state index contributed by atoms with van der Waals surface area (Å²) in [6, 6.07) is 6.38. The summed E-state index contributed by atoms with van der Waals surface area (Å²) >= 11 is 9.25. The van der Waals surface area contributed by atoms with Crippen molar-refractivity contribution < 1.29 is 0 Å². The largest absolute Gasteiger partial charge is 0.339 e. The van der Waals surface area contributed by atoms with Gasteiger partial charge < -0.3 is 5.32 Å². The zero-order valence-electron chi connectivity index (χ0n) is 10.9. The minimum Gasteiger partial charge on any atom is -0.339 e. The van der Waals surface area contributed by atoms with Crippen LogP contribution < -0.4 is 10.6 Å². The fraction of sp³-hybridized carbons (Fsp3) is 0.231. The zero-order valence-corrected chi connectivity index (χ0v) is 14.1. The average Bonchev–Trinajstić information content (AvgIpc) is 2.35. The number of benzene rings is 1. The predicted molar refractivity (Wildman–Crippen MR) is 87.6 cm³/mol. The highest BCUT2D eigenvalue weighted by Gasteiger charge is 2.10. The lowest BCUT2D eigenvalue weighted by molar-refractivity contribution is 1.15. The quantitative estimate of drug-likeness (QED) is 0.656. The van der Waals surface area contributed by atoms with E-state index in [0.717, 1.165) is 10.2 Å². The van der Waals surface area contributed by atoms with E-state index in [9.17, 15) is 0 Å². The molecule has 6 heteroatoms. The smallest absolute Gasteiger partial charge is 0.224 e. The topological polar surface area (TPSA) is 37.8 Å². The van der Waals surface area contributed by atoms with Crippen LogP contribution in [0.4, 0.5) is 11.5 Å². The van der Waals surface area contributed by atoms with Gasteiger partial charge in [-0.1, -0.05) is 19.6 Å². The molecule has 0 amide bonds. The number of nitrogens with one attached hydrogen (secondary N) is 1. The number of aryl methyl sites for hydroxylation is 1. The van der Waals surface area contributed by atoms with Crippen molar-refractivity contribution in [1.29, 1.82) is 0 Å². The molecule has 0 aliphatic carbocycles. The standard InChI is InChI=1S/C13H14BrClN3P/c1-8-4-5-10(11(6-8)19(2)3)17-12-9(14)7-16-13(15)18-12/h4-7H,1-3H3,(H,16,17,18). The second kappa shape index (κ2) is 6.17. The van der Waals surface area contributed by atoms with Crippen molar-refractivity contribution in [3.8, 4) is 0 Å². The maximum absolute atomic E-state index is 5.83. The van der Waals surface area contributed by atoms with Crippen LogP contribution >= 0.6 is 35.5 Å². The van der Waals surface area contributed by atoms with Gasteiger partial charge in [0.2, 0.25) is 5.28 Å². The molecule has 1 aromatic carbocycles. The van der Waals surface area contributed by atoms with Crippen LogP contribution in [0.25, 0.3) is 0 Å². The Labute approximate surface area is 127 Å². The number of nitrogens with zero attached hydrogens (tertiary/aromatic N) is 2. The van der Waals surface area contributed by atoms with Gasteiger partial charge in [-0.2, -0.15) is 4.98 Å². The third-order valence-corrected chi connectivity index (χ3v) is 4.70. The van der Waals surface area contributed by atoms with E-state index >= 15 is 0 Å². The molecule has 0 fully saturated rings. The summed E-state index contributed by atoms with van der Waals surface area (Å²) in [5.74, 6) is 0.682. The molecule has 0 saturated carbocycles. The molecule has 0 aliphatic heterocycles. The van der Waals surface area contributed by atoms with Gasteiger partial charge in [-0.05, 0) is 65.2 Å². The lowest BCUT2D eigenvalue weighted by atomic mass is 10.2. The van der Waals surface area contributed by atoms with Crippen LogP contribution in [0.1, 0.15) is 5.56 Å². The van der Waals surface area contributed by atoms with E-state index in [-0.39, 0.29) is 13.2 Å². The molecule has 3 nitrogen and oxygen atoms in total. The van der Waals surface area contributed by atoms with Crippen LogP contribution in [0, 0.1) is 6.92 Å². The van der Waals surface area contributed by atoms with Gasteiger partial charge in [0.15, 0.2) is 0 Å². The van der Waals surface area contributed by atoms with Gasteiger partial charge in [-0.3, -0.25) is 0 Å². The number of rotatable bonds is 3. The lowest BCUT2D eigenvalue weighted by Gasteiger charge is -2.16. The van der Waals surface area contributed by atoms with Gasteiger partial charge in [-0.25, -0.2) is 4.98 Å². The molecule has 1 aromatic heterocycles. The van der Waals surface area contributed by atoms with Gasteiger partial charge in [0, 0.05) is 11.9 Å². The maximum atomic E-state index is 5.83. The second-order valence-corrected chi connectivity index (χ2v) is 7.84. The van der Waals surface area contributed by atoms with Crippen molar-refractivity contribution in [1.82, 2.24) is 9.97 Å². The first kappa shape index (κ1) is 14.7. The average molecular weight is 359 g/mol. The van der Waals surface area contributed by atoms with E-state index in [1.54, 1.807) is 6.20 Å². The predicted octanol–water partition coefficient (Wildman–Crippen LogP) is 4.31. The Morgan fingerprint density at radius 2 is 2.05 bits per heavy atom. The molecule has 1 N–H and O–H groups in total. The molecule has 100 valence electrons. The number of hydrogen-bond donors (Lipinski definition) is 1. The second-order valence-electron chi connectivity index (χ2n) is 4.38. The Bertz CT molecular complexity index is 604. The van der Waals surface area contributed by atoms with Crippen molar-refractivity contribution >= 4 is 52.3 Å². The minimum atomic E-state index is -0.200. The summed E-state index contributed by atoms with van der Waals surface area (Å²) in [5, 5.41) is 4.87. The summed E-state index contributed by atoms with van der Waals surface area (Å²) in [7, 11) is -0.200. The molecule has 19 heavy (non-hydrogen) atoms. The molecule has 0 bridgehead atoms. The van der Waals surface area contributed by atoms with Crippen LogP contribution in [0.3, 0.4) is 0 Å². The highest BCUT2D eigenvalue weighted by Crippen LogP contribution is 2.31. The van der Waals surface area contributed by atoms with E-state index in [0.29, 0.717) is 5.82 Å². The summed E-state index contributed by atoms with van der Waals surface area (Å²) < 4.78 is 0.792. The molecule has 1 heterocycles. The van der Waals surface area contributed by atoms with Gasteiger partial charge >= 0.3 is 0 Å². The monoisotopic (exact) mass is 357 g/mol. The molecule has 0 spiro atoms. The summed E-state index contributed by atoms with van der Waals surface area (Å²) in [6.45, 7) is 6.57. The van der Waals surface area contributed by atoms with Gasteiger partial charge in [0.25, 0.3) is 0 Å². The van der Waals surface area contributed by atoms with Crippen LogP contribution in [0.2, 0.25) is 5.28 Å². The summed E-state index contributed by atoms with van der Waals surface area (Å²) in [6.07, 6.45) is 1.65. The maximum Gasteiger partial charge on any atom is 0.224 e. The van der Waals surface area contributed by atoms with Crippen LogP contribution in [0.15, 0.2) is 28.9 Å². The highest BCUT2D eigenvalue weighted by molar-refractivity contribution is 9.10. The number of halogens is 2. The first-order chi connectivity index (χ1) is 8.97. The molecule has 0 atom stereocenters. The number of aromatic nitrogens is 2. The van der Waals surface area contributed by atoms with Gasteiger partial charge in [-0.15, -0.1) is 0 Å². The lowest BCUT2D eigenvalue weighted by Crippen LogP contribution is -2.09. The number of anilines is 2. The normalized spacial score (nSPS) is 10.8. The number of hydrogen-bond acceptors (Lipinski definition) is 3. The Morgan fingerprint density at radius 3 is 2.74 bits per heavy atom. The SMILES string of the molecule is Cc1ccc(Nc2nc(Cl)ncc2Br)c(P(C)C)c1. The van der Waals surface area contributed by atoms with E-state index < -0.39 is 0 Å². The highest BCUT2D eigenvalue weighted by atomic mass is 79.9. The van der Waals surface area contributed by atoms with Crippen LogP contribution in [-0.2, 0) is 0 Å². The van der Waals surface area contributed by atoms with Gasteiger partial charge in [0.1, 0.15) is 5.82 Å². The third kappa shape index (κ3) is 3.65. The van der Waals surface area contributed by atoms with Crippen LogP contribution in [0.5, 0.6) is 0 Å². The van der Waals surface area contributed by atoms with Gasteiger partial charge in [0.05, 0.1) is 4.47 Å². The summed E-state index contributed by atoms with van der Waals surface area (Å²) in [4.78, 5) is 8.12. The van der Waals surface area contributed by atoms with Crippen molar-refractivity contribution in [3.63, 3.8) is 0 Å². The molecule has 2 rings (SSSR count). The van der Waals surface area contributed by atoms with Crippen molar-refractivity contribution in [2.45, 2.75) is 6.92 Å². The van der Waals surface area contributed by atoms with E-state index in [2.05, 4.69) is 69.7 Å².